The lowest BCUT2D eigenvalue weighted by Gasteiger charge is -2.19. The Kier molecular flexibility index (Phi) is 3.42. The zero-order chi connectivity index (χ0) is 11.4. The number of halogens is 1. The maximum atomic E-state index is 6.12. The first kappa shape index (κ1) is 11.0. The second kappa shape index (κ2) is 4.99. The van der Waals surface area contributed by atoms with Gasteiger partial charge in [0.05, 0.1) is 0 Å². The molecule has 0 amide bonds. The number of hydrogen-bond donors (Lipinski definition) is 0. The van der Waals surface area contributed by atoms with Crippen LogP contribution in [0.5, 0.6) is 0 Å². The van der Waals surface area contributed by atoms with Crippen molar-refractivity contribution >= 4 is 17.3 Å². The lowest BCUT2D eigenvalue weighted by Crippen LogP contribution is -2.16. The highest BCUT2D eigenvalue weighted by molar-refractivity contribution is 6.31. The van der Waals surface area contributed by atoms with E-state index >= 15 is 0 Å². The molecule has 1 aromatic carbocycles. The summed E-state index contributed by atoms with van der Waals surface area (Å²) in [5.41, 5.74) is 2.26. The molecule has 82 valence electrons. The second-order valence-corrected chi connectivity index (χ2v) is 4.06. The molecule has 0 aliphatic rings. The zero-order valence-electron chi connectivity index (χ0n) is 9.10. The second-order valence-electron chi connectivity index (χ2n) is 3.65. The fourth-order valence-corrected chi connectivity index (χ4v) is 1.77. The molecule has 2 nitrogen and oxygen atoms in total. The van der Waals surface area contributed by atoms with Crippen molar-refractivity contribution in [1.29, 1.82) is 0 Å². The van der Waals surface area contributed by atoms with Gasteiger partial charge in [0.25, 0.3) is 0 Å². The molecule has 2 rings (SSSR count). The van der Waals surface area contributed by atoms with Crippen LogP contribution in [0.4, 0.5) is 5.69 Å². The molecule has 0 fully saturated rings. The molecule has 3 heteroatoms. The van der Waals surface area contributed by atoms with Crippen LogP contribution in [0, 0.1) is 0 Å². The van der Waals surface area contributed by atoms with Gasteiger partial charge in [-0.15, -0.1) is 0 Å². The summed E-state index contributed by atoms with van der Waals surface area (Å²) in [7, 11) is 2.04. The molecule has 0 atom stereocenters. The van der Waals surface area contributed by atoms with Crippen molar-refractivity contribution in [2.75, 3.05) is 11.9 Å². The zero-order valence-corrected chi connectivity index (χ0v) is 9.85. The Hall–Kier alpha value is -1.54. The van der Waals surface area contributed by atoms with Crippen LogP contribution in [0.15, 0.2) is 48.8 Å². The van der Waals surface area contributed by atoms with Crippen molar-refractivity contribution in [3.63, 3.8) is 0 Å². The first-order valence-corrected chi connectivity index (χ1v) is 5.50. The summed E-state index contributed by atoms with van der Waals surface area (Å²) in [4.78, 5) is 6.14. The molecule has 0 saturated carbocycles. The number of rotatable bonds is 3. The number of hydrogen-bond acceptors (Lipinski definition) is 2. The first-order valence-electron chi connectivity index (χ1n) is 5.12. The molecule has 1 aromatic heterocycles. The van der Waals surface area contributed by atoms with Gasteiger partial charge in [0.1, 0.15) is 0 Å². The lowest BCUT2D eigenvalue weighted by atomic mass is 10.2. The standard InChI is InChI=1S/C13H13ClN2/c1-16(12-6-8-15-9-7-12)10-11-4-2-3-5-13(11)14/h2-9H,10H2,1H3. The largest absolute Gasteiger partial charge is 0.370 e. The molecule has 0 aliphatic heterocycles. The van der Waals surface area contributed by atoms with Crippen molar-refractivity contribution < 1.29 is 0 Å². The van der Waals surface area contributed by atoms with Crippen molar-refractivity contribution in [2.24, 2.45) is 0 Å². The summed E-state index contributed by atoms with van der Waals surface area (Å²) in [5.74, 6) is 0. The maximum Gasteiger partial charge on any atom is 0.0455 e. The van der Waals surface area contributed by atoms with E-state index < -0.39 is 0 Å². The third-order valence-corrected chi connectivity index (χ3v) is 2.84. The van der Waals surface area contributed by atoms with Gasteiger partial charge >= 0.3 is 0 Å². The molecule has 0 N–H and O–H groups in total. The van der Waals surface area contributed by atoms with E-state index in [1.165, 1.54) is 0 Å². The summed E-state index contributed by atoms with van der Waals surface area (Å²) in [5, 5.41) is 0.809. The van der Waals surface area contributed by atoms with Crippen LogP contribution < -0.4 is 4.90 Å². The Bertz CT molecular complexity index is 456. The van der Waals surface area contributed by atoms with Gasteiger partial charge in [0.15, 0.2) is 0 Å². The topological polar surface area (TPSA) is 16.1 Å². The molecule has 0 radical (unpaired) electrons. The highest BCUT2D eigenvalue weighted by Crippen LogP contribution is 2.19. The van der Waals surface area contributed by atoms with Gasteiger partial charge in [-0.1, -0.05) is 29.8 Å². The highest BCUT2D eigenvalue weighted by Gasteiger charge is 2.04. The van der Waals surface area contributed by atoms with Gasteiger partial charge in [-0.05, 0) is 23.8 Å². The van der Waals surface area contributed by atoms with Crippen LogP contribution in [-0.4, -0.2) is 12.0 Å². The van der Waals surface area contributed by atoms with E-state index in [0.717, 1.165) is 22.8 Å². The normalized spacial score (nSPS) is 10.1. The molecule has 16 heavy (non-hydrogen) atoms. The third-order valence-electron chi connectivity index (χ3n) is 2.47. The SMILES string of the molecule is CN(Cc1ccccc1Cl)c1ccncc1. The predicted octanol–water partition coefficient (Wildman–Crippen LogP) is 3.37. The number of aromatic nitrogens is 1. The number of benzene rings is 1. The van der Waals surface area contributed by atoms with Gasteiger partial charge in [0.2, 0.25) is 0 Å². The van der Waals surface area contributed by atoms with Gasteiger partial charge < -0.3 is 4.90 Å². The minimum atomic E-state index is 0.795. The summed E-state index contributed by atoms with van der Waals surface area (Å²) >= 11 is 6.12. The Labute approximate surface area is 101 Å². The average Bonchev–Trinajstić information content (AvgIpc) is 2.33. The van der Waals surface area contributed by atoms with Crippen LogP contribution in [0.3, 0.4) is 0 Å². The van der Waals surface area contributed by atoms with E-state index in [1.807, 2.05) is 43.4 Å². The summed E-state index contributed by atoms with van der Waals surface area (Å²) in [6.45, 7) is 0.795. The van der Waals surface area contributed by atoms with E-state index in [2.05, 4.69) is 9.88 Å². The molecular formula is C13H13ClN2. The van der Waals surface area contributed by atoms with Gasteiger partial charge in [-0.2, -0.15) is 0 Å². The lowest BCUT2D eigenvalue weighted by molar-refractivity contribution is 0.921. The molecule has 0 unspecified atom stereocenters. The van der Waals surface area contributed by atoms with E-state index in [4.69, 9.17) is 11.6 Å². The van der Waals surface area contributed by atoms with Crippen molar-refractivity contribution in [2.45, 2.75) is 6.54 Å². The molecule has 0 spiro atoms. The van der Waals surface area contributed by atoms with Crippen molar-refractivity contribution in [3.8, 4) is 0 Å². The fourth-order valence-electron chi connectivity index (χ4n) is 1.57. The van der Waals surface area contributed by atoms with Crippen molar-refractivity contribution in [1.82, 2.24) is 4.98 Å². The smallest absolute Gasteiger partial charge is 0.0455 e. The number of nitrogens with zero attached hydrogens (tertiary/aromatic N) is 2. The maximum absolute atomic E-state index is 6.12. The number of pyridine rings is 1. The van der Waals surface area contributed by atoms with Crippen LogP contribution in [0.2, 0.25) is 5.02 Å². The van der Waals surface area contributed by atoms with Crippen LogP contribution in [0.25, 0.3) is 0 Å². The average molecular weight is 233 g/mol. The van der Waals surface area contributed by atoms with Crippen LogP contribution in [0.1, 0.15) is 5.56 Å². The quantitative estimate of drug-likeness (QED) is 0.807. The summed E-state index contributed by atoms with van der Waals surface area (Å²) < 4.78 is 0. The highest BCUT2D eigenvalue weighted by atomic mass is 35.5. The van der Waals surface area contributed by atoms with Crippen LogP contribution >= 0.6 is 11.6 Å². The van der Waals surface area contributed by atoms with E-state index in [-0.39, 0.29) is 0 Å². The molecule has 1 heterocycles. The molecule has 0 saturated heterocycles. The van der Waals surface area contributed by atoms with Crippen molar-refractivity contribution in [3.05, 3.63) is 59.4 Å². The molecule has 0 bridgehead atoms. The van der Waals surface area contributed by atoms with E-state index in [9.17, 15) is 0 Å². The molecular weight excluding hydrogens is 220 g/mol. The minimum absolute atomic E-state index is 0.795. The Morgan fingerprint density at radius 3 is 2.50 bits per heavy atom. The van der Waals surface area contributed by atoms with E-state index in [0.29, 0.717) is 0 Å². The summed E-state index contributed by atoms with van der Waals surface area (Å²) in [6, 6.07) is 11.9. The fraction of sp³-hybridized carbons (Fsp3) is 0.154. The Balaban J connectivity index is 2.14. The van der Waals surface area contributed by atoms with E-state index in [1.54, 1.807) is 12.4 Å². The molecule has 0 aliphatic carbocycles. The van der Waals surface area contributed by atoms with Gasteiger partial charge in [0, 0.05) is 36.7 Å². The molecule has 2 aromatic rings. The monoisotopic (exact) mass is 232 g/mol. The Morgan fingerprint density at radius 1 is 1.12 bits per heavy atom. The first-order chi connectivity index (χ1) is 7.77. The summed E-state index contributed by atoms with van der Waals surface area (Å²) in [6.07, 6.45) is 3.58. The van der Waals surface area contributed by atoms with Gasteiger partial charge in [-0.25, -0.2) is 0 Å². The number of anilines is 1. The third kappa shape index (κ3) is 2.52. The Morgan fingerprint density at radius 2 is 1.81 bits per heavy atom. The predicted molar refractivity (Wildman–Crippen MR) is 67.8 cm³/mol. The van der Waals surface area contributed by atoms with Gasteiger partial charge in [-0.3, -0.25) is 4.98 Å². The minimum Gasteiger partial charge on any atom is -0.370 e. The van der Waals surface area contributed by atoms with Crippen LogP contribution in [-0.2, 0) is 6.54 Å².